The van der Waals surface area contributed by atoms with Gasteiger partial charge in [0.2, 0.25) is 0 Å². The molecule has 0 spiro atoms. The molecule has 0 radical (unpaired) electrons. The Kier molecular flexibility index (Phi) is 3.76. The summed E-state index contributed by atoms with van der Waals surface area (Å²) in [7, 11) is 0. The van der Waals surface area contributed by atoms with Crippen LogP contribution in [0.5, 0.6) is 0 Å². The number of rotatable bonds is 4. The Hall–Kier alpha value is -1.39. The van der Waals surface area contributed by atoms with E-state index in [9.17, 15) is 9.50 Å². The van der Waals surface area contributed by atoms with E-state index < -0.39 is 6.10 Å². The van der Waals surface area contributed by atoms with Crippen LogP contribution in [0.2, 0.25) is 0 Å². The van der Waals surface area contributed by atoms with Gasteiger partial charge in [-0.15, -0.1) is 11.3 Å². The summed E-state index contributed by atoms with van der Waals surface area (Å²) in [6.07, 6.45) is -0.601. The van der Waals surface area contributed by atoms with Crippen molar-refractivity contribution in [1.82, 2.24) is 0 Å². The Balaban J connectivity index is 1.98. The average Bonchev–Trinajstić information content (AvgIpc) is 2.81. The molecule has 0 fully saturated rings. The molecular weight excluding hydrogens is 237 g/mol. The van der Waals surface area contributed by atoms with Crippen molar-refractivity contribution < 1.29 is 9.50 Å². The van der Waals surface area contributed by atoms with Crippen LogP contribution in [0.25, 0.3) is 0 Å². The van der Waals surface area contributed by atoms with Gasteiger partial charge in [0.1, 0.15) is 11.9 Å². The van der Waals surface area contributed by atoms with Crippen molar-refractivity contribution in [2.45, 2.75) is 13.0 Å². The van der Waals surface area contributed by atoms with Gasteiger partial charge in [0.15, 0.2) is 0 Å². The standard InChI is InChI=1S/C13H14FNOS/c1-9-4-5-11(10(14)7-9)15-8-12(16)13-3-2-6-17-13/h2-7,12,15-16H,8H2,1H3. The second kappa shape index (κ2) is 5.29. The second-order valence-electron chi connectivity index (χ2n) is 3.90. The molecule has 2 N–H and O–H groups in total. The third-order valence-corrected chi connectivity index (χ3v) is 3.46. The molecule has 0 aliphatic heterocycles. The fourth-order valence-electron chi connectivity index (χ4n) is 1.55. The van der Waals surface area contributed by atoms with Crippen LogP contribution in [-0.4, -0.2) is 11.7 Å². The molecular formula is C13H14FNOS. The Morgan fingerprint density at radius 2 is 2.24 bits per heavy atom. The minimum Gasteiger partial charge on any atom is -0.386 e. The number of halogens is 1. The SMILES string of the molecule is Cc1ccc(NCC(O)c2cccs2)c(F)c1. The van der Waals surface area contributed by atoms with Gasteiger partial charge in [-0.1, -0.05) is 12.1 Å². The van der Waals surface area contributed by atoms with Crippen molar-refractivity contribution in [3.63, 3.8) is 0 Å². The van der Waals surface area contributed by atoms with E-state index in [4.69, 9.17) is 0 Å². The van der Waals surface area contributed by atoms with Crippen LogP contribution in [-0.2, 0) is 0 Å². The molecule has 17 heavy (non-hydrogen) atoms. The van der Waals surface area contributed by atoms with Gasteiger partial charge < -0.3 is 10.4 Å². The third-order valence-electron chi connectivity index (χ3n) is 2.48. The Bertz CT molecular complexity index is 484. The Morgan fingerprint density at radius 3 is 2.88 bits per heavy atom. The molecule has 0 bridgehead atoms. The van der Waals surface area contributed by atoms with Crippen molar-refractivity contribution >= 4 is 17.0 Å². The third kappa shape index (κ3) is 3.05. The molecule has 0 saturated carbocycles. The van der Waals surface area contributed by atoms with Gasteiger partial charge in [-0.2, -0.15) is 0 Å². The maximum atomic E-state index is 13.5. The van der Waals surface area contributed by atoms with Crippen molar-refractivity contribution in [3.8, 4) is 0 Å². The molecule has 1 aromatic heterocycles. The van der Waals surface area contributed by atoms with Crippen molar-refractivity contribution in [3.05, 3.63) is 52.0 Å². The van der Waals surface area contributed by atoms with Crippen LogP contribution in [0.4, 0.5) is 10.1 Å². The summed E-state index contributed by atoms with van der Waals surface area (Å²) in [5.74, 6) is -0.289. The van der Waals surface area contributed by atoms with Crippen LogP contribution in [0, 0.1) is 12.7 Å². The largest absolute Gasteiger partial charge is 0.386 e. The summed E-state index contributed by atoms with van der Waals surface area (Å²) in [6.45, 7) is 2.15. The molecule has 1 aromatic carbocycles. The first kappa shape index (κ1) is 12.1. The van der Waals surface area contributed by atoms with Crippen LogP contribution in [0.15, 0.2) is 35.7 Å². The quantitative estimate of drug-likeness (QED) is 0.873. The highest BCUT2D eigenvalue weighted by Crippen LogP contribution is 2.21. The van der Waals surface area contributed by atoms with E-state index in [2.05, 4.69) is 5.32 Å². The number of nitrogens with one attached hydrogen (secondary N) is 1. The highest BCUT2D eigenvalue weighted by Gasteiger charge is 2.09. The number of anilines is 1. The summed E-state index contributed by atoms with van der Waals surface area (Å²) in [4.78, 5) is 0.880. The maximum Gasteiger partial charge on any atom is 0.146 e. The predicted molar refractivity (Wildman–Crippen MR) is 68.9 cm³/mol. The van der Waals surface area contributed by atoms with E-state index in [1.165, 1.54) is 17.4 Å². The first-order valence-corrected chi connectivity index (χ1v) is 6.26. The number of hydrogen-bond acceptors (Lipinski definition) is 3. The van der Waals surface area contributed by atoms with Crippen molar-refractivity contribution in [2.24, 2.45) is 0 Å². The molecule has 90 valence electrons. The van der Waals surface area contributed by atoms with Gasteiger partial charge >= 0.3 is 0 Å². The van der Waals surface area contributed by atoms with Gasteiger partial charge in [-0.05, 0) is 36.1 Å². The Labute approximate surface area is 104 Å². The molecule has 2 aromatic rings. The number of aliphatic hydroxyl groups is 1. The minimum absolute atomic E-state index is 0.289. The lowest BCUT2D eigenvalue weighted by Crippen LogP contribution is -2.11. The maximum absolute atomic E-state index is 13.5. The van der Waals surface area contributed by atoms with Crippen LogP contribution >= 0.6 is 11.3 Å². The fraction of sp³-hybridized carbons (Fsp3) is 0.231. The van der Waals surface area contributed by atoms with Crippen LogP contribution < -0.4 is 5.32 Å². The topological polar surface area (TPSA) is 32.3 Å². The zero-order chi connectivity index (χ0) is 12.3. The number of aliphatic hydroxyl groups excluding tert-OH is 1. The highest BCUT2D eigenvalue weighted by atomic mass is 32.1. The molecule has 0 aliphatic carbocycles. The smallest absolute Gasteiger partial charge is 0.146 e. The van der Waals surface area contributed by atoms with Gasteiger partial charge in [0.05, 0.1) is 5.69 Å². The molecule has 0 saturated heterocycles. The molecule has 1 atom stereocenters. The molecule has 1 unspecified atom stereocenters. The van der Waals surface area contributed by atoms with Gasteiger partial charge in [0, 0.05) is 11.4 Å². The Morgan fingerprint density at radius 1 is 1.41 bits per heavy atom. The monoisotopic (exact) mass is 251 g/mol. The van der Waals surface area contributed by atoms with E-state index in [1.807, 2.05) is 30.5 Å². The number of hydrogen-bond donors (Lipinski definition) is 2. The van der Waals surface area contributed by atoms with Crippen LogP contribution in [0.1, 0.15) is 16.5 Å². The van der Waals surface area contributed by atoms with Crippen molar-refractivity contribution in [1.29, 1.82) is 0 Å². The lowest BCUT2D eigenvalue weighted by atomic mass is 10.2. The lowest BCUT2D eigenvalue weighted by Gasteiger charge is -2.12. The van der Waals surface area contributed by atoms with E-state index in [0.29, 0.717) is 12.2 Å². The fourth-order valence-corrected chi connectivity index (χ4v) is 2.26. The normalized spacial score (nSPS) is 12.4. The first-order valence-electron chi connectivity index (χ1n) is 5.38. The lowest BCUT2D eigenvalue weighted by molar-refractivity contribution is 0.195. The summed E-state index contributed by atoms with van der Waals surface area (Å²) >= 11 is 1.49. The number of aryl methyl sites for hydroxylation is 1. The summed E-state index contributed by atoms with van der Waals surface area (Å²) in [6, 6.07) is 8.74. The average molecular weight is 251 g/mol. The zero-order valence-corrected chi connectivity index (χ0v) is 10.3. The zero-order valence-electron chi connectivity index (χ0n) is 9.48. The number of benzene rings is 1. The molecule has 4 heteroatoms. The van der Waals surface area contributed by atoms with Gasteiger partial charge in [-0.25, -0.2) is 4.39 Å². The van der Waals surface area contributed by atoms with Crippen LogP contribution in [0.3, 0.4) is 0 Å². The molecule has 1 heterocycles. The summed E-state index contributed by atoms with van der Waals surface area (Å²) in [5, 5.41) is 14.7. The molecule has 0 amide bonds. The van der Waals surface area contributed by atoms with E-state index in [1.54, 1.807) is 6.07 Å². The molecule has 2 rings (SSSR count). The predicted octanol–water partition coefficient (Wildman–Crippen LogP) is 3.34. The second-order valence-corrected chi connectivity index (χ2v) is 4.87. The first-order chi connectivity index (χ1) is 8.16. The summed E-state index contributed by atoms with van der Waals surface area (Å²) in [5.41, 5.74) is 1.30. The van der Waals surface area contributed by atoms with E-state index in [0.717, 1.165) is 10.4 Å². The summed E-state index contributed by atoms with van der Waals surface area (Å²) < 4.78 is 13.5. The molecule has 0 aliphatic rings. The van der Waals surface area contributed by atoms with E-state index >= 15 is 0 Å². The molecule has 2 nitrogen and oxygen atoms in total. The van der Waals surface area contributed by atoms with Gasteiger partial charge in [-0.3, -0.25) is 0 Å². The highest BCUT2D eigenvalue weighted by molar-refractivity contribution is 7.10. The minimum atomic E-state index is -0.601. The van der Waals surface area contributed by atoms with E-state index in [-0.39, 0.29) is 5.82 Å². The number of thiophene rings is 1. The van der Waals surface area contributed by atoms with Gasteiger partial charge in [0.25, 0.3) is 0 Å². The van der Waals surface area contributed by atoms with Crippen molar-refractivity contribution in [2.75, 3.05) is 11.9 Å².